The minimum Gasteiger partial charge on any atom is -0.348 e. The van der Waals surface area contributed by atoms with Crippen LogP contribution >= 0.6 is 11.6 Å². The number of halogens is 1. The average molecular weight is 249 g/mol. The maximum Gasteiger partial charge on any atom is 0.250 e. The third-order valence-corrected chi connectivity index (χ3v) is 3.29. The molecule has 0 fully saturated rings. The van der Waals surface area contributed by atoms with Gasteiger partial charge in [-0.1, -0.05) is 23.7 Å². The van der Waals surface area contributed by atoms with Gasteiger partial charge in [0.1, 0.15) is 0 Å². The molecule has 2 N–H and O–H groups in total. The maximum atomic E-state index is 11.7. The van der Waals surface area contributed by atoms with Crippen LogP contribution in [0.5, 0.6) is 0 Å². The van der Waals surface area contributed by atoms with Gasteiger partial charge in [-0.15, -0.1) is 0 Å². The Hall–Kier alpha value is -1.81. The van der Waals surface area contributed by atoms with E-state index in [4.69, 9.17) is 11.6 Å². The molecule has 0 aromatic heterocycles. The Kier molecular flexibility index (Phi) is 2.19. The molecule has 2 amide bonds. The van der Waals surface area contributed by atoms with Crippen molar-refractivity contribution in [3.8, 4) is 0 Å². The Labute approximate surface area is 103 Å². The molecule has 0 saturated heterocycles. The van der Waals surface area contributed by atoms with Gasteiger partial charge in [-0.25, -0.2) is 0 Å². The first kappa shape index (κ1) is 10.4. The normalized spacial score (nSPS) is 22.5. The van der Waals surface area contributed by atoms with E-state index in [1.165, 1.54) is 0 Å². The van der Waals surface area contributed by atoms with E-state index >= 15 is 0 Å². The zero-order valence-corrected chi connectivity index (χ0v) is 9.54. The van der Waals surface area contributed by atoms with Gasteiger partial charge in [0.15, 0.2) is 0 Å². The fourth-order valence-corrected chi connectivity index (χ4v) is 2.33. The summed E-state index contributed by atoms with van der Waals surface area (Å²) in [4.78, 5) is 23.3. The van der Waals surface area contributed by atoms with Gasteiger partial charge in [0.25, 0.3) is 0 Å². The highest BCUT2D eigenvalue weighted by molar-refractivity contribution is 6.30. The van der Waals surface area contributed by atoms with Crippen molar-refractivity contribution in [1.29, 1.82) is 0 Å². The maximum absolute atomic E-state index is 11.7. The van der Waals surface area contributed by atoms with Crippen LogP contribution in [0, 0.1) is 0 Å². The van der Waals surface area contributed by atoms with Crippen molar-refractivity contribution in [2.45, 2.75) is 6.04 Å². The van der Waals surface area contributed by atoms with Crippen molar-refractivity contribution >= 4 is 23.4 Å². The Balaban J connectivity index is 2.03. The molecule has 3 rings (SSSR count). The lowest BCUT2D eigenvalue weighted by atomic mass is 9.99. The molecule has 2 aliphatic heterocycles. The summed E-state index contributed by atoms with van der Waals surface area (Å²) in [5.74, 6) is -0.336. The highest BCUT2D eigenvalue weighted by atomic mass is 35.5. The van der Waals surface area contributed by atoms with Gasteiger partial charge < -0.3 is 10.6 Å². The van der Waals surface area contributed by atoms with E-state index in [0.717, 1.165) is 5.56 Å². The molecule has 4 nitrogen and oxygen atoms in total. The van der Waals surface area contributed by atoms with Crippen molar-refractivity contribution in [3.05, 3.63) is 46.0 Å². The zero-order chi connectivity index (χ0) is 12.0. The summed E-state index contributed by atoms with van der Waals surface area (Å²) in [6, 6.07) is 6.77. The smallest absolute Gasteiger partial charge is 0.250 e. The van der Waals surface area contributed by atoms with Gasteiger partial charge >= 0.3 is 0 Å². The van der Waals surface area contributed by atoms with Crippen molar-refractivity contribution in [1.82, 2.24) is 10.6 Å². The molecule has 1 unspecified atom stereocenters. The molecule has 0 radical (unpaired) electrons. The van der Waals surface area contributed by atoms with E-state index in [1.54, 1.807) is 12.1 Å². The molecule has 0 bridgehead atoms. The minimum atomic E-state index is -0.350. The quantitative estimate of drug-likeness (QED) is 0.777. The van der Waals surface area contributed by atoms with E-state index in [1.807, 2.05) is 12.1 Å². The van der Waals surface area contributed by atoms with Crippen molar-refractivity contribution in [2.75, 3.05) is 6.54 Å². The first-order chi connectivity index (χ1) is 8.16. The SMILES string of the molecule is O=C1NC(c2ccc(Cl)cc2)C2=C1CNC2=O. The molecule has 17 heavy (non-hydrogen) atoms. The summed E-state index contributed by atoms with van der Waals surface area (Å²) in [7, 11) is 0. The fraction of sp³-hybridized carbons (Fsp3) is 0.167. The van der Waals surface area contributed by atoms with Crippen LogP contribution in [0.4, 0.5) is 0 Å². The molecule has 1 atom stereocenters. The molecule has 2 aliphatic rings. The van der Waals surface area contributed by atoms with Crippen LogP contribution in [-0.2, 0) is 9.59 Å². The van der Waals surface area contributed by atoms with Gasteiger partial charge in [0.05, 0.1) is 11.6 Å². The summed E-state index contributed by atoms with van der Waals surface area (Å²) in [5, 5.41) is 6.10. The van der Waals surface area contributed by atoms with Crippen molar-refractivity contribution in [3.63, 3.8) is 0 Å². The third kappa shape index (κ3) is 1.52. The van der Waals surface area contributed by atoms with E-state index in [0.29, 0.717) is 22.7 Å². The van der Waals surface area contributed by atoms with Gasteiger partial charge in [-0.2, -0.15) is 0 Å². The highest BCUT2D eigenvalue weighted by Crippen LogP contribution is 2.32. The first-order valence-electron chi connectivity index (χ1n) is 5.24. The molecule has 0 spiro atoms. The number of carbonyl (C=O) groups is 2. The predicted molar refractivity (Wildman–Crippen MR) is 62.4 cm³/mol. The molecule has 1 aromatic carbocycles. The molecule has 0 saturated carbocycles. The minimum absolute atomic E-state index is 0.168. The van der Waals surface area contributed by atoms with E-state index < -0.39 is 0 Å². The van der Waals surface area contributed by atoms with Crippen molar-refractivity contribution in [2.24, 2.45) is 0 Å². The van der Waals surface area contributed by atoms with Crippen LogP contribution in [0.3, 0.4) is 0 Å². The van der Waals surface area contributed by atoms with Crippen LogP contribution in [0.25, 0.3) is 0 Å². The zero-order valence-electron chi connectivity index (χ0n) is 8.79. The second kappa shape index (κ2) is 3.60. The Morgan fingerprint density at radius 2 is 1.82 bits per heavy atom. The molecule has 86 valence electrons. The Bertz CT molecular complexity index is 546. The van der Waals surface area contributed by atoms with Gasteiger partial charge in [-0.05, 0) is 17.7 Å². The molecule has 5 heteroatoms. The summed E-state index contributed by atoms with van der Waals surface area (Å²) in [6.07, 6.45) is 0. The molecular formula is C12H9ClN2O2. The van der Waals surface area contributed by atoms with Crippen molar-refractivity contribution < 1.29 is 9.59 Å². The predicted octanol–water partition coefficient (Wildman–Crippen LogP) is 0.937. The van der Waals surface area contributed by atoms with Gasteiger partial charge in [0, 0.05) is 17.1 Å². The molecule has 0 aliphatic carbocycles. The summed E-state index contributed by atoms with van der Waals surface area (Å²) < 4.78 is 0. The number of rotatable bonds is 1. The number of carbonyl (C=O) groups excluding carboxylic acids is 2. The Morgan fingerprint density at radius 3 is 2.53 bits per heavy atom. The Morgan fingerprint density at radius 1 is 1.12 bits per heavy atom. The van der Waals surface area contributed by atoms with E-state index in [9.17, 15) is 9.59 Å². The number of hydrogen-bond acceptors (Lipinski definition) is 2. The topological polar surface area (TPSA) is 58.2 Å². The largest absolute Gasteiger partial charge is 0.348 e. The van der Waals surface area contributed by atoms with Crippen LogP contribution < -0.4 is 10.6 Å². The summed E-state index contributed by atoms with van der Waals surface area (Å²) in [6.45, 7) is 0.324. The molecule has 2 heterocycles. The third-order valence-electron chi connectivity index (χ3n) is 3.04. The second-order valence-electron chi connectivity index (χ2n) is 4.03. The van der Waals surface area contributed by atoms with E-state index in [-0.39, 0.29) is 17.9 Å². The van der Waals surface area contributed by atoms with Crippen LogP contribution in [0.2, 0.25) is 5.02 Å². The van der Waals surface area contributed by atoms with Crippen LogP contribution in [0.15, 0.2) is 35.4 Å². The van der Waals surface area contributed by atoms with Gasteiger partial charge in [0.2, 0.25) is 11.8 Å². The van der Waals surface area contributed by atoms with E-state index in [2.05, 4.69) is 10.6 Å². The number of amides is 2. The summed E-state index contributed by atoms with van der Waals surface area (Å²) >= 11 is 5.81. The molecule has 1 aromatic rings. The van der Waals surface area contributed by atoms with Gasteiger partial charge in [-0.3, -0.25) is 9.59 Å². The summed E-state index contributed by atoms with van der Waals surface area (Å²) in [5.41, 5.74) is 1.96. The van der Waals surface area contributed by atoms with Crippen LogP contribution in [0.1, 0.15) is 11.6 Å². The second-order valence-corrected chi connectivity index (χ2v) is 4.47. The average Bonchev–Trinajstić information content (AvgIpc) is 2.83. The highest BCUT2D eigenvalue weighted by Gasteiger charge is 2.40. The lowest BCUT2D eigenvalue weighted by Crippen LogP contribution is -2.31. The monoisotopic (exact) mass is 248 g/mol. The number of benzene rings is 1. The standard InChI is InChI=1S/C12H9ClN2O2/c13-7-3-1-6(2-4-7)10-9-8(11(16)15-10)5-14-12(9)17/h1-4,10H,5H2,(H,14,17)(H,15,16). The number of nitrogens with one attached hydrogen (secondary N) is 2. The lowest BCUT2D eigenvalue weighted by molar-refractivity contribution is -0.117. The fourth-order valence-electron chi connectivity index (χ4n) is 2.20. The van der Waals surface area contributed by atoms with Crippen LogP contribution in [-0.4, -0.2) is 18.4 Å². The number of hydrogen-bond donors (Lipinski definition) is 2. The first-order valence-corrected chi connectivity index (χ1v) is 5.62. The molecular weight excluding hydrogens is 240 g/mol. The lowest BCUT2D eigenvalue weighted by Gasteiger charge is -2.14.